The van der Waals surface area contributed by atoms with Gasteiger partial charge in [0.25, 0.3) is 0 Å². The van der Waals surface area contributed by atoms with Crippen LogP contribution >= 0.6 is 0 Å². The first-order valence-electron chi connectivity index (χ1n) is 10.9. The largest absolute Gasteiger partial charge is 0.393 e. The fraction of sp³-hybridized carbons (Fsp3) is 0.905. The average molecular weight is 378 g/mol. The Morgan fingerprint density at radius 3 is 2.22 bits per heavy atom. The van der Waals surface area contributed by atoms with E-state index in [1.54, 1.807) is 6.92 Å². The maximum absolute atomic E-state index is 9.51. The second-order valence-electron chi connectivity index (χ2n) is 9.60. The molecule has 1 unspecified atom stereocenters. The topological polar surface area (TPSA) is 57.4 Å². The molecule has 6 nitrogen and oxygen atoms in total. The van der Waals surface area contributed by atoms with Crippen molar-refractivity contribution in [3.05, 3.63) is 11.9 Å². The molecule has 6 heteroatoms. The third-order valence-electron chi connectivity index (χ3n) is 6.00. The number of likely N-dealkylation sites (tertiary alicyclic amines) is 2. The molecule has 0 saturated carbocycles. The zero-order valence-corrected chi connectivity index (χ0v) is 17.6. The molecular weight excluding hydrogens is 338 g/mol. The van der Waals surface area contributed by atoms with Crippen molar-refractivity contribution in [3.8, 4) is 0 Å². The van der Waals surface area contributed by atoms with Crippen LogP contribution in [-0.2, 0) is 6.42 Å². The van der Waals surface area contributed by atoms with Crippen LogP contribution in [0.2, 0.25) is 0 Å². The molecule has 0 aliphatic carbocycles. The van der Waals surface area contributed by atoms with Crippen LogP contribution in [0.25, 0.3) is 0 Å². The maximum Gasteiger partial charge on any atom is 0.0852 e. The van der Waals surface area contributed by atoms with Crippen LogP contribution in [0.4, 0.5) is 0 Å². The molecule has 3 heterocycles. The summed E-state index contributed by atoms with van der Waals surface area (Å²) in [6.07, 6.45) is 10.1. The van der Waals surface area contributed by atoms with Gasteiger partial charge in [0.15, 0.2) is 0 Å². The van der Waals surface area contributed by atoms with E-state index in [1.807, 2.05) is 10.9 Å². The zero-order valence-electron chi connectivity index (χ0n) is 17.6. The van der Waals surface area contributed by atoms with Gasteiger partial charge < -0.3 is 14.9 Å². The summed E-state index contributed by atoms with van der Waals surface area (Å²) in [6, 6.07) is 0.449. The standard InChI is InChI=1S/C21H39N5O/c1-18(27)14-19-15-26(23-22-19)20-8-12-25(13-9-20)17-21(2,3)16-24-10-6-4-5-7-11-24/h15,18,20,27H,4-14,16-17H2,1-3H3. The van der Waals surface area contributed by atoms with Gasteiger partial charge in [0, 0.05) is 38.8 Å². The van der Waals surface area contributed by atoms with Crippen LogP contribution in [0.3, 0.4) is 0 Å². The van der Waals surface area contributed by atoms with Gasteiger partial charge in [-0.2, -0.15) is 0 Å². The fourth-order valence-corrected chi connectivity index (χ4v) is 4.78. The Labute approximate surface area is 164 Å². The smallest absolute Gasteiger partial charge is 0.0852 e. The van der Waals surface area contributed by atoms with Gasteiger partial charge in [-0.25, -0.2) is 4.68 Å². The van der Waals surface area contributed by atoms with Gasteiger partial charge in [0.1, 0.15) is 0 Å². The minimum atomic E-state index is -0.358. The average Bonchev–Trinajstić information content (AvgIpc) is 2.90. The van der Waals surface area contributed by atoms with E-state index in [9.17, 15) is 5.11 Å². The molecule has 3 rings (SSSR count). The third kappa shape index (κ3) is 6.54. The molecule has 0 radical (unpaired) electrons. The van der Waals surface area contributed by atoms with E-state index in [0.717, 1.165) is 31.6 Å². The third-order valence-corrected chi connectivity index (χ3v) is 6.00. The molecule has 0 spiro atoms. The van der Waals surface area contributed by atoms with Gasteiger partial charge in [-0.15, -0.1) is 5.10 Å². The molecule has 2 aliphatic rings. The SMILES string of the molecule is CC(O)Cc1cn(C2CCN(CC(C)(C)CN3CCCCCC3)CC2)nn1. The van der Waals surface area contributed by atoms with Crippen LogP contribution in [0.1, 0.15) is 71.0 Å². The van der Waals surface area contributed by atoms with Crippen molar-refractivity contribution in [2.75, 3.05) is 39.3 Å². The Kier molecular flexibility index (Phi) is 7.29. The minimum Gasteiger partial charge on any atom is -0.393 e. The molecule has 2 fully saturated rings. The molecule has 0 aromatic carbocycles. The summed E-state index contributed by atoms with van der Waals surface area (Å²) in [6.45, 7) is 13.9. The van der Waals surface area contributed by atoms with Gasteiger partial charge in [-0.3, -0.25) is 0 Å². The van der Waals surface area contributed by atoms with Gasteiger partial charge in [0.05, 0.1) is 17.8 Å². The first-order valence-corrected chi connectivity index (χ1v) is 10.9. The lowest BCUT2D eigenvalue weighted by Gasteiger charge is -2.39. The molecule has 27 heavy (non-hydrogen) atoms. The van der Waals surface area contributed by atoms with Crippen LogP contribution < -0.4 is 0 Å². The van der Waals surface area contributed by atoms with E-state index in [1.165, 1.54) is 51.9 Å². The van der Waals surface area contributed by atoms with Crippen molar-refractivity contribution in [2.45, 2.75) is 77.9 Å². The Morgan fingerprint density at radius 2 is 1.63 bits per heavy atom. The van der Waals surface area contributed by atoms with Crippen LogP contribution in [-0.4, -0.2) is 75.3 Å². The van der Waals surface area contributed by atoms with E-state index in [4.69, 9.17) is 0 Å². The monoisotopic (exact) mass is 377 g/mol. The number of piperidine rings is 1. The number of hydrogen-bond acceptors (Lipinski definition) is 5. The molecule has 154 valence electrons. The highest BCUT2D eigenvalue weighted by Crippen LogP contribution is 2.26. The lowest BCUT2D eigenvalue weighted by Crippen LogP contribution is -2.45. The second kappa shape index (κ2) is 9.48. The fourth-order valence-electron chi connectivity index (χ4n) is 4.78. The second-order valence-corrected chi connectivity index (χ2v) is 9.60. The van der Waals surface area contributed by atoms with Crippen molar-refractivity contribution in [1.29, 1.82) is 0 Å². The summed E-state index contributed by atoms with van der Waals surface area (Å²) in [5.74, 6) is 0. The number of aliphatic hydroxyl groups is 1. The number of aliphatic hydroxyl groups excluding tert-OH is 1. The summed E-state index contributed by atoms with van der Waals surface area (Å²) in [7, 11) is 0. The number of rotatable bonds is 7. The molecular formula is C21H39N5O. The van der Waals surface area contributed by atoms with E-state index in [-0.39, 0.29) is 6.10 Å². The summed E-state index contributed by atoms with van der Waals surface area (Å²) < 4.78 is 2.03. The molecule has 2 saturated heterocycles. The van der Waals surface area contributed by atoms with Crippen molar-refractivity contribution >= 4 is 0 Å². The Bertz CT molecular complexity index is 555. The minimum absolute atomic E-state index is 0.342. The summed E-state index contributed by atoms with van der Waals surface area (Å²) >= 11 is 0. The summed E-state index contributed by atoms with van der Waals surface area (Å²) in [5.41, 5.74) is 1.24. The normalized spacial score (nSPS) is 22.7. The zero-order chi connectivity index (χ0) is 19.3. The van der Waals surface area contributed by atoms with E-state index < -0.39 is 0 Å². The lowest BCUT2D eigenvalue weighted by atomic mass is 9.90. The first kappa shape index (κ1) is 20.7. The number of hydrogen-bond donors (Lipinski definition) is 1. The number of aromatic nitrogens is 3. The molecule has 1 N–H and O–H groups in total. The molecule has 0 bridgehead atoms. The van der Waals surface area contributed by atoms with Crippen molar-refractivity contribution in [2.24, 2.45) is 5.41 Å². The van der Waals surface area contributed by atoms with Crippen molar-refractivity contribution in [3.63, 3.8) is 0 Å². The van der Waals surface area contributed by atoms with Crippen LogP contribution in [0.15, 0.2) is 6.20 Å². The van der Waals surface area contributed by atoms with Crippen molar-refractivity contribution in [1.82, 2.24) is 24.8 Å². The highest BCUT2D eigenvalue weighted by Gasteiger charge is 2.28. The van der Waals surface area contributed by atoms with Gasteiger partial charge in [-0.1, -0.05) is 31.9 Å². The summed E-state index contributed by atoms with van der Waals surface area (Å²) in [5, 5.41) is 18.0. The van der Waals surface area contributed by atoms with Crippen LogP contribution in [0, 0.1) is 5.41 Å². The predicted molar refractivity (Wildman–Crippen MR) is 109 cm³/mol. The molecule has 0 amide bonds. The van der Waals surface area contributed by atoms with E-state index in [0.29, 0.717) is 17.9 Å². The van der Waals surface area contributed by atoms with E-state index in [2.05, 4.69) is 34.0 Å². The Morgan fingerprint density at radius 1 is 1.04 bits per heavy atom. The Hall–Kier alpha value is -0.980. The summed E-state index contributed by atoms with van der Waals surface area (Å²) in [4.78, 5) is 5.33. The lowest BCUT2D eigenvalue weighted by molar-refractivity contribution is 0.0951. The number of nitrogens with zero attached hydrogens (tertiary/aromatic N) is 5. The van der Waals surface area contributed by atoms with E-state index >= 15 is 0 Å². The Balaban J connectivity index is 1.44. The van der Waals surface area contributed by atoms with Crippen LogP contribution in [0.5, 0.6) is 0 Å². The molecule has 1 aromatic rings. The van der Waals surface area contributed by atoms with Gasteiger partial charge in [-0.05, 0) is 51.1 Å². The van der Waals surface area contributed by atoms with Gasteiger partial charge >= 0.3 is 0 Å². The predicted octanol–water partition coefficient (Wildman–Crippen LogP) is 2.74. The highest BCUT2D eigenvalue weighted by atomic mass is 16.3. The molecule has 1 aromatic heterocycles. The van der Waals surface area contributed by atoms with Crippen molar-refractivity contribution < 1.29 is 5.11 Å². The highest BCUT2D eigenvalue weighted by molar-refractivity contribution is 4.96. The molecule has 1 atom stereocenters. The first-order chi connectivity index (χ1) is 12.9. The van der Waals surface area contributed by atoms with Gasteiger partial charge in [0.2, 0.25) is 0 Å². The maximum atomic E-state index is 9.51. The molecule has 2 aliphatic heterocycles. The quantitative estimate of drug-likeness (QED) is 0.792.